The summed E-state index contributed by atoms with van der Waals surface area (Å²) in [6, 6.07) is 0. The van der Waals surface area contributed by atoms with E-state index in [0.717, 1.165) is 0 Å². The van der Waals surface area contributed by atoms with E-state index in [-0.39, 0.29) is 19.8 Å². The molecule has 0 aliphatic heterocycles. The summed E-state index contributed by atoms with van der Waals surface area (Å²) >= 11 is 0. The highest BCUT2D eigenvalue weighted by Crippen LogP contribution is 1.96. The maximum absolute atomic E-state index is 10.8. The molecular formula is C8H13O5. The number of carbonyl (C=O) groups excluding carboxylic acids is 2. The van der Waals surface area contributed by atoms with Gasteiger partial charge in [-0.2, -0.15) is 0 Å². The van der Waals surface area contributed by atoms with Gasteiger partial charge in [0, 0.05) is 13.3 Å². The molecule has 0 bridgehead atoms. The topological polar surface area (TPSA) is 72.5 Å². The van der Waals surface area contributed by atoms with Crippen LogP contribution >= 0.6 is 0 Å². The Morgan fingerprint density at radius 3 is 2.38 bits per heavy atom. The van der Waals surface area contributed by atoms with Gasteiger partial charge in [0.15, 0.2) is 0 Å². The van der Waals surface area contributed by atoms with E-state index in [9.17, 15) is 14.7 Å². The van der Waals surface area contributed by atoms with E-state index in [1.807, 2.05) is 0 Å². The summed E-state index contributed by atoms with van der Waals surface area (Å²) in [4.78, 5) is 21.0. The Bertz CT molecular complexity index is 166. The minimum absolute atomic E-state index is 0.183. The first kappa shape index (κ1) is 11.9. The molecule has 0 N–H and O–H groups in total. The summed E-state index contributed by atoms with van der Waals surface area (Å²) in [5.41, 5.74) is 0. The molecular weight excluding hydrogens is 176 g/mol. The van der Waals surface area contributed by atoms with Crippen LogP contribution < -0.4 is 0 Å². The van der Waals surface area contributed by atoms with Gasteiger partial charge in [-0.1, -0.05) is 0 Å². The monoisotopic (exact) mass is 189 g/mol. The minimum Gasteiger partial charge on any atom is -0.428 e. The second kappa shape index (κ2) is 7.54. The van der Waals surface area contributed by atoms with Crippen LogP contribution in [0.3, 0.4) is 0 Å². The zero-order valence-electron chi connectivity index (χ0n) is 7.58. The van der Waals surface area contributed by atoms with E-state index in [1.165, 1.54) is 6.92 Å². The molecule has 0 fully saturated rings. The highest BCUT2D eigenvalue weighted by Gasteiger charge is 2.02. The van der Waals surface area contributed by atoms with Crippen LogP contribution in [-0.2, 0) is 24.2 Å². The average Bonchev–Trinajstić information content (AvgIpc) is 2.04. The quantitative estimate of drug-likeness (QED) is 0.349. The van der Waals surface area contributed by atoms with Crippen molar-refractivity contribution in [1.29, 1.82) is 0 Å². The Balaban J connectivity index is 3.25. The lowest BCUT2D eigenvalue weighted by atomic mass is 10.2. The molecule has 0 atom stereocenters. The zero-order chi connectivity index (χ0) is 10.1. The first-order valence-corrected chi connectivity index (χ1v) is 4.04. The molecule has 0 saturated heterocycles. The summed E-state index contributed by atoms with van der Waals surface area (Å²) in [5.74, 6) is -0.943. The van der Waals surface area contributed by atoms with Crippen molar-refractivity contribution >= 4 is 11.9 Å². The molecule has 0 heterocycles. The number of esters is 2. The number of hydrogen-bond donors (Lipinski definition) is 0. The maximum Gasteiger partial charge on any atom is 0.308 e. The van der Waals surface area contributed by atoms with Crippen molar-refractivity contribution < 1.29 is 24.2 Å². The fourth-order valence-electron chi connectivity index (χ4n) is 0.622. The molecule has 0 aromatic heterocycles. The molecule has 0 spiro atoms. The van der Waals surface area contributed by atoms with Crippen molar-refractivity contribution in [1.82, 2.24) is 0 Å². The van der Waals surface area contributed by atoms with Crippen molar-refractivity contribution in [2.75, 3.05) is 13.4 Å². The molecule has 0 aromatic rings. The van der Waals surface area contributed by atoms with E-state index in [2.05, 4.69) is 9.47 Å². The van der Waals surface area contributed by atoms with Gasteiger partial charge in [0.25, 0.3) is 0 Å². The van der Waals surface area contributed by atoms with Crippen LogP contribution in [0.5, 0.6) is 0 Å². The lowest BCUT2D eigenvalue weighted by molar-refractivity contribution is -0.165. The van der Waals surface area contributed by atoms with E-state index in [0.29, 0.717) is 12.8 Å². The third kappa shape index (κ3) is 8.81. The summed E-state index contributed by atoms with van der Waals surface area (Å²) in [6.45, 7) is 0.702. The molecule has 0 aliphatic carbocycles. The Morgan fingerprint density at radius 2 is 1.85 bits per heavy atom. The minimum atomic E-state index is -0.493. The smallest absolute Gasteiger partial charge is 0.308 e. The van der Waals surface area contributed by atoms with Crippen LogP contribution in [0, 0.1) is 0 Å². The Kier molecular flexibility index (Phi) is 6.91. The van der Waals surface area contributed by atoms with Crippen molar-refractivity contribution in [3.8, 4) is 0 Å². The van der Waals surface area contributed by atoms with Crippen molar-refractivity contribution in [3.63, 3.8) is 0 Å². The van der Waals surface area contributed by atoms with Gasteiger partial charge in [-0.05, 0) is 12.8 Å². The molecule has 0 aliphatic rings. The van der Waals surface area contributed by atoms with E-state index in [4.69, 9.17) is 0 Å². The standard InChI is InChI=1S/C8H13O5/c1-7(10)12-6-13-8(11)4-2-3-5-9/h2-6H2,1H3. The highest BCUT2D eigenvalue weighted by molar-refractivity contribution is 5.69. The molecule has 0 rings (SSSR count). The summed E-state index contributed by atoms with van der Waals surface area (Å²) < 4.78 is 8.89. The van der Waals surface area contributed by atoms with Gasteiger partial charge in [-0.3, -0.25) is 9.59 Å². The molecule has 5 heteroatoms. The van der Waals surface area contributed by atoms with Crippen LogP contribution in [0.2, 0.25) is 0 Å². The summed E-state index contributed by atoms with van der Waals surface area (Å²) in [6.07, 6.45) is 1.18. The van der Waals surface area contributed by atoms with E-state index >= 15 is 0 Å². The van der Waals surface area contributed by atoms with Crippen LogP contribution in [-0.4, -0.2) is 25.3 Å². The summed E-state index contributed by atoms with van der Waals surface area (Å²) in [5, 5.41) is 9.99. The second-order valence-electron chi connectivity index (χ2n) is 2.43. The van der Waals surface area contributed by atoms with Gasteiger partial charge in [-0.25, -0.2) is 5.11 Å². The Labute approximate surface area is 76.6 Å². The first-order chi connectivity index (χ1) is 6.16. The third-order valence-electron chi connectivity index (χ3n) is 1.26. The van der Waals surface area contributed by atoms with E-state index in [1.54, 1.807) is 0 Å². The highest BCUT2D eigenvalue weighted by atomic mass is 16.7. The van der Waals surface area contributed by atoms with Gasteiger partial charge < -0.3 is 9.47 Å². The molecule has 5 nitrogen and oxygen atoms in total. The largest absolute Gasteiger partial charge is 0.428 e. The van der Waals surface area contributed by atoms with Gasteiger partial charge >= 0.3 is 11.9 Å². The number of rotatable bonds is 6. The molecule has 13 heavy (non-hydrogen) atoms. The fraction of sp³-hybridized carbons (Fsp3) is 0.750. The average molecular weight is 189 g/mol. The Hall–Kier alpha value is -1.10. The maximum atomic E-state index is 10.8. The predicted octanol–water partition coefficient (Wildman–Crippen LogP) is 0.651. The SMILES string of the molecule is CC(=O)OCOC(=O)CCCC[O]. The second-order valence-corrected chi connectivity index (χ2v) is 2.43. The fourth-order valence-corrected chi connectivity index (χ4v) is 0.622. The van der Waals surface area contributed by atoms with Crippen LogP contribution in [0.4, 0.5) is 0 Å². The van der Waals surface area contributed by atoms with Crippen LogP contribution in [0.25, 0.3) is 0 Å². The number of unbranched alkanes of at least 4 members (excludes halogenated alkanes) is 1. The van der Waals surface area contributed by atoms with Crippen molar-refractivity contribution in [2.24, 2.45) is 0 Å². The van der Waals surface area contributed by atoms with Crippen LogP contribution in [0.15, 0.2) is 0 Å². The number of carbonyl (C=O) groups is 2. The molecule has 0 unspecified atom stereocenters. The third-order valence-corrected chi connectivity index (χ3v) is 1.26. The summed E-state index contributed by atoms with van der Waals surface area (Å²) in [7, 11) is 0. The number of ether oxygens (including phenoxy) is 2. The Morgan fingerprint density at radius 1 is 1.15 bits per heavy atom. The number of hydrogen-bond acceptors (Lipinski definition) is 4. The van der Waals surface area contributed by atoms with Gasteiger partial charge in [0.05, 0.1) is 6.61 Å². The molecule has 1 radical (unpaired) electrons. The lowest BCUT2D eigenvalue weighted by Crippen LogP contribution is -2.10. The molecule has 0 saturated carbocycles. The normalized spacial score (nSPS) is 9.38. The van der Waals surface area contributed by atoms with Crippen LogP contribution in [0.1, 0.15) is 26.2 Å². The predicted molar refractivity (Wildman–Crippen MR) is 42.1 cm³/mol. The van der Waals surface area contributed by atoms with E-state index < -0.39 is 11.9 Å². The first-order valence-electron chi connectivity index (χ1n) is 4.04. The lowest BCUT2D eigenvalue weighted by Gasteiger charge is -2.03. The molecule has 0 aromatic carbocycles. The molecule has 0 amide bonds. The van der Waals surface area contributed by atoms with Gasteiger partial charge in [-0.15, -0.1) is 0 Å². The van der Waals surface area contributed by atoms with Crippen molar-refractivity contribution in [3.05, 3.63) is 0 Å². The zero-order valence-corrected chi connectivity index (χ0v) is 7.58. The van der Waals surface area contributed by atoms with Gasteiger partial charge in [0.1, 0.15) is 0 Å². The van der Waals surface area contributed by atoms with Crippen molar-refractivity contribution in [2.45, 2.75) is 26.2 Å². The molecule has 75 valence electrons. The van der Waals surface area contributed by atoms with Gasteiger partial charge in [0.2, 0.25) is 6.79 Å².